The smallest absolute Gasteiger partial charge is 0.237 e. The summed E-state index contributed by atoms with van der Waals surface area (Å²) in [5, 5.41) is 9.26. The molecule has 2 aromatic carbocycles. The minimum atomic E-state index is -0.0301. The van der Waals surface area contributed by atoms with Crippen LogP contribution in [0.25, 0.3) is 43.7 Å². The Labute approximate surface area is 157 Å². The first-order valence-electron chi connectivity index (χ1n) is 8.29. The summed E-state index contributed by atoms with van der Waals surface area (Å²) in [6, 6.07) is 14.9. The Bertz CT molecular complexity index is 1170. The molecule has 1 N–H and O–H groups in total. The minimum Gasteiger partial charge on any atom is -0.497 e. The van der Waals surface area contributed by atoms with E-state index in [2.05, 4.69) is 9.97 Å². The highest BCUT2D eigenvalue weighted by atomic mass is 32.1. The van der Waals surface area contributed by atoms with Gasteiger partial charge in [0, 0.05) is 6.07 Å². The average Bonchev–Trinajstić information content (AvgIpc) is 3.43. The van der Waals surface area contributed by atoms with Crippen molar-refractivity contribution in [1.82, 2.24) is 9.97 Å². The van der Waals surface area contributed by atoms with Gasteiger partial charge in [-0.1, -0.05) is 6.07 Å². The number of hydrogen-bond donors (Lipinski definition) is 1. The molecule has 0 bridgehead atoms. The summed E-state index contributed by atoms with van der Waals surface area (Å²) in [6.45, 7) is -0.0301. The number of aliphatic hydroxyl groups excluding tert-OH is 1. The molecule has 0 spiro atoms. The molecule has 3 aromatic heterocycles. The summed E-state index contributed by atoms with van der Waals surface area (Å²) in [5.74, 6) is 1.81. The standard InChI is InChI=1S/C20H14N2O4S/c1-24-12-3-5-14-16(9-12)26-20(22-14)18-7-6-17(27-18)19-21-13-4-2-11(10-23)8-15(13)25-19/h2-9,23H,10H2,1H3. The van der Waals surface area contributed by atoms with Crippen molar-refractivity contribution in [1.29, 1.82) is 0 Å². The molecule has 6 nitrogen and oxygen atoms in total. The zero-order valence-corrected chi connectivity index (χ0v) is 15.1. The molecule has 0 saturated heterocycles. The van der Waals surface area contributed by atoms with Gasteiger partial charge in [0.1, 0.15) is 16.8 Å². The van der Waals surface area contributed by atoms with Crippen molar-refractivity contribution in [2.24, 2.45) is 0 Å². The maximum atomic E-state index is 9.26. The lowest BCUT2D eigenvalue weighted by molar-refractivity contribution is 0.282. The lowest BCUT2D eigenvalue weighted by Crippen LogP contribution is -1.80. The van der Waals surface area contributed by atoms with E-state index >= 15 is 0 Å². The van der Waals surface area contributed by atoms with Gasteiger partial charge in [0.15, 0.2) is 11.2 Å². The molecule has 0 radical (unpaired) electrons. The van der Waals surface area contributed by atoms with Gasteiger partial charge in [-0.25, -0.2) is 9.97 Å². The largest absolute Gasteiger partial charge is 0.497 e. The number of hydrogen-bond acceptors (Lipinski definition) is 7. The molecule has 0 fully saturated rings. The summed E-state index contributed by atoms with van der Waals surface area (Å²) in [6.07, 6.45) is 0. The fourth-order valence-corrected chi connectivity index (χ4v) is 3.74. The van der Waals surface area contributed by atoms with Crippen LogP contribution < -0.4 is 4.74 Å². The maximum absolute atomic E-state index is 9.26. The zero-order chi connectivity index (χ0) is 18.4. The second kappa shape index (κ2) is 6.22. The molecule has 0 aliphatic rings. The molecule has 134 valence electrons. The van der Waals surface area contributed by atoms with Gasteiger partial charge in [-0.2, -0.15) is 0 Å². The molecule has 0 unspecified atom stereocenters. The van der Waals surface area contributed by atoms with Gasteiger partial charge in [-0.15, -0.1) is 11.3 Å². The number of methoxy groups -OCH3 is 1. The highest BCUT2D eigenvalue weighted by Gasteiger charge is 2.15. The van der Waals surface area contributed by atoms with Crippen LogP contribution in [0.5, 0.6) is 5.75 Å². The maximum Gasteiger partial charge on any atom is 0.237 e. The molecule has 7 heteroatoms. The van der Waals surface area contributed by atoms with E-state index < -0.39 is 0 Å². The van der Waals surface area contributed by atoms with Crippen molar-refractivity contribution < 1.29 is 18.7 Å². The molecule has 0 aliphatic carbocycles. The molecule has 5 rings (SSSR count). The minimum absolute atomic E-state index is 0.0301. The van der Waals surface area contributed by atoms with Crippen LogP contribution in [-0.2, 0) is 6.61 Å². The normalized spacial score (nSPS) is 11.5. The summed E-state index contributed by atoms with van der Waals surface area (Å²) < 4.78 is 17.0. The monoisotopic (exact) mass is 378 g/mol. The lowest BCUT2D eigenvalue weighted by Gasteiger charge is -1.95. The molecular weight excluding hydrogens is 364 g/mol. The SMILES string of the molecule is COc1ccc2nc(-c3ccc(-c4nc5ccc(CO)cc5o4)s3)oc2c1. The Morgan fingerprint density at radius 2 is 1.52 bits per heavy atom. The average molecular weight is 378 g/mol. The van der Waals surface area contributed by atoms with E-state index in [1.165, 1.54) is 11.3 Å². The molecule has 0 atom stereocenters. The Morgan fingerprint density at radius 1 is 0.889 bits per heavy atom. The highest BCUT2D eigenvalue weighted by molar-refractivity contribution is 7.18. The van der Waals surface area contributed by atoms with Gasteiger partial charge in [0.05, 0.1) is 23.5 Å². The number of benzene rings is 2. The van der Waals surface area contributed by atoms with Crippen LogP contribution in [0.15, 0.2) is 57.4 Å². The first-order valence-corrected chi connectivity index (χ1v) is 9.10. The second-order valence-corrected chi connectivity index (χ2v) is 7.08. The van der Waals surface area contributed by atoms with Crippen molar-refractivity contribution in [3.63, 3.8) is 0 Å². The Hall–Kier alpha value is -3.16. The van der Waals surface area contributed by atoms with Gasteiger partial charge >= 0.3 is 0 Å². The number of thiophene rings is 1. The molecule has 0 aliphatic heterocycles. The highest BCUT2D eigenvalue weighted by Crippen LogP contribution is 2.36. The quantitative estimate of drug-likeness (QED) is 0.481. The molecule has 3 heterocycles. The van der Waals surface area contributed by atoms with E-state index in [-0.39, 0.29) is 6.61 Å². The predicted octanol–water partition coefficient (Wildman–Crippen LogP) is 4.87. The molecular formula is C20H14N2O4S. The summed E-state index contributed by atoms with van der Waals surface area (Å²) in [5.41, 5.74) is 3.65. The fourth-order valence-electron chi connectivity index (χ4n) is 2.88. The van der Waals surface area contributed by atoms with Crippen LogP contribution in [0.1, 0.15) is 5.56 Å². The Kier molecular flexibility index (Phi) is 3.70. The summed E-state index contributed by atoms with van der Waals surface area (Å²) in [4.78, 5) is 10.8. The Balaban J connectivity index is 1.52. The van der Waals surface area contributed by atoms with Crippen LogP contribution in [0, 0.1) is 0 Å². The van der Waals surface area contributed by atoms with Gasteiger partial charge in [0.2, 0.25) is 11.8 Å². The van der Waals surface area contributed by atoms with Gasteiger partial charge < -0.3 is 18.7 Å². The molecule has 0 saturated carbocycles. The molecule has 0 amide bonds. The van der Waals surface area contributed by atoms with Crippen LogP contribution in [-0.4, -0.2) is 22.2 Å². The van der Waals surface area contributed by atoms with E-state index in [1.807, 2.05) is 42.5 Å². The number of rotatable bonds is 4. The fraction of sp³-hybridized carbons (Fsp3) is 0.100. The van der Waals surface area contributed by atoms with E-state index in [4.69, 9.17) is 13.6 Å². The number of aliphatic hydroxyl groups is 1. The van der Waals surface area contributed by atoms with Gasteiger partial charge in [0.25, 0.3) is 0 Å². The van der Waals surface area contributed by atoms with Gasteiger partial charge in [-0.3, -0.25) is 0 Å². The zero-order valence-electron chi connectivity index (χ0n) is 14.3. The van der Waals surface area contributed by atoms with E-state index in [0.717, 1.165) is 32.1 Å². The number of aromatic nitrogens is 2. The second-order valence-electron chi connectivity index (χ2n) is 6.00. The predicted molar refractivity (Wildman–Crippen MR) is 103 cm³/mol. The summed E-state index contributed by atoms with van der Waals surface area (Å²) >= 11 is 1.50. The van der Waals surface area contributed by atoms with E-state index in [1.54, 1.807) is 13.2 Å². The molecule has 5 aromatic rings. The first-order chi connectivity index (χ1) is 13.2. The van der Waals surface area contributed by atoms with Crippen LogP contribution in [0.3, 0.4) is 0 Å². The Morgan fingerprint density at radius 3 is 2.15 bits per heavy atom. The van der Waals surface area contributed by atoms with Crippen molar-refractivity contribution in [2.75, 3.05) is 7.11 Å². The lowest BCUT2D eigenvalue weighted by atomic mass is 10.2. The van der Waals surface area contributed by atoms with Gasteiger partial charge in [-0.05, 0) is 42.0 Å². The number of nitrogens with zero attached hydrogens (tertiary/aromatic N) is 2. The van der Waals surface area contributed by atoms with Crippen molar-refractivity contribution in [3.05, 3.63) is 54.1 Å². The third kappa shape index (κ3) is 2.77. The first kappa shape index (κ1) is 16.0. The van der Waals surface area contributed by atoms with Crippen molar-refractivity contribution in [2.45, 2.75) is 6.61 Å². The van der Waals surface area contributed by atoms with Crippen molar-refractivity contribution in [3.8, 4) is 27.3 Å². The third-order valence-electron chi connectivity index (χ3n) is 4.26. The topological polar surface area (TPSA) is 81.5 Å². The van der Waals surface area contributed by atoms with E-state index in [0.29, 0.717) is 22.9 Å². The third-order valence-corrected chi connectivity index (χ3v) is 5.32. The number of ether oxygens (including phenoxy) is 1. The van der Waals surface area contributed by atoms with Crippen LogP contribution in [0.2, 0.25) is 0 Å². The van der Waals surface area contributed by atoms with Crippen molar-refractivity contribution >= 4 is 33.5 Å². The summed E-state index contributed by atoms with van der Waals surface area (Å²) in [7, 11) is 1.62. The number of fused-ring (bicyclic) bond motifs is 2. The van der Waals surface area contributed by atoms with E-state index in [9.17, 15) is 5.11 Å². The number of oxazole rings is 2. The van der Waals surface area contributed by atoms with Crippen LogP contribution >= 0.6 is 11.3 Å². The molecule has 27 heavy (non-hydrogen) atoms. The van der Waals surface area contributed by atoms with Crippen LogP contribution in [0.4, 0.5) is 0 Å².